The van der Waals surface area contributed by atoms with Crippen LogP contribution in [-0.4, -0.2) is 49.9 Å². The first-order valence-corrected chi connectivity index (χ1v) is 13.4. The molecule has 0 aliphatic heterocycles. The fraction of sp³-hybridized carbons (Fsp3) is 0.481. The Balaban J connectivity index is 1.66. The van der Waals surface area contributed by atoms with Crippen LogP contribution in [0.15, 0.2) is 48.4 Å². The van der Waals surface area contributed by atoms with Gasteiger partial charge in [-0.05, 0) is 13.3 Å². The molecule has 0 spiro atoms. The van der Waals surface area contributed by atoms with E-state index in [1.165, 1.54) is 16.9 Å². The number of anilines is 1. The number of nitrogens with zero attached hydrogens (tertiary/aromatic N) is 3. The van der Waals surface area contributed by atoms with Gasteiger partial charge < -0.3 is 19.7 Å². The lowest BCUT2D eigenvalue weighted by molar-refractivity contribution is -0.125. The number of aliphatic hydroxyl groups is 1. The van der Waals surface area contributed by atoms with Gasteiger partial charge in [-0.1, -0.05) is 70.4 Å². The Bertz CT molecular complexity index is 1140. The number of unbranched alkanes of at least 4 members (excludes halogenated alkanes) is 1. The molecular weight excluding hydrogens is 490 g/mol. The van der Waals surface area contributed by atoms with E-state index in [9.17, 15) is 14.7 Å². The number of benzene rings is 1. The van der Waals surface area contributed by atoms with Gasteiger partial charge in [-0.2, -0.15) is 0 Å². The zero-order valence-electron chi connectivity index (χ0n) is 22.1. The zero-order chi connectivity index (χ0) is 27.0. The average molecular weight is 528 g/mol. The van der Waals surface area contributed by atoms with Crippen molar-refractivity contribution in [2.75, 3.05) is 5.32 Å². The summed E-state index contributed by atoms with van der Waals surface area (Å²) < 4.78 is 7.75. The average Bonchev–Trinajstić information content (AvgIpc) is 3.53. The lowest BCUT2D eigenvalue weighted by atomic mass is 9.89. The number of aromatic nitrogens is 3. The van der Waals surface area contributed by atoms with Gasteiger partial charge in [-0.3, -0.25) is 10.1 Å². The van der Waals surface area contributed by atoms with Crippen molar-refractivity contribution < 1.29 is 19.4 Å². The number of amides is 2. The summed E-state index contributed by atoms with van der Waals surface area (Å²) in [7, 11) is 0. The summed E-state index contributed by atoms with van der Waals surface area (Å²) in [4.78, 5) is 34.0. The molecule has 1 aromatic carbocycles. The Labute approximate surface area is 222 Å². The number of carbonyl (C=O) groups excluding carboxylic acids is 2. The highest BCUT2D eigenvalue weighted by Gasteiger charge is 2.32. The number of imidazole rings is 1. The van der Waals surface area contributed by atoms with Crippen molar-refractivity contribution in [3.05, 3.63) is 53.9 Å². The summed E-state index contributed by atoms with van der Waals surface area (Å²) in [6.07, 6.45) is 4.62. The van der Waals surface area contributed by atoms with Crippen molar-refractivity contribution in [3.8, 4) is 11.3 Å². The number of nitrogens with one attached hydrogen (secondary N) is 2. The highest BCUT2D eigenvalue weighted by atomic mass is 32.1. The van der Waals surface area contributed by atoms with Crippen LogP contribution in [0.4, 0.5) is 9.93 Å². The van der Waals surface area contributed by atoms with Gasteiger partial charge in [0.25, 0.3) is 5.91 Å². The molecule has 0 saturated heterocycles. The maximum absolute atomic E-state index is 13.0. The zero-order valence-corrected chi connectivity index (χ0v) is 22.9. The number of thiazole rings is 1. The first-order chi connectivity index (χ1) is 17.6. The Morgan fingerprint density at radius 1 is 1.19 bits per heavy atom. The van der Waals surface area contributed by atoms with E-state index in [-0.39, 0.29) is 5.41 Å². The van der Waals surface area contributed by atoms with Crippen LogP contribution in [-0.2, 0) is 16.1 Å². The fourth-order valence-corrected chi connectivity index (χ4v) is 4.24. The van der Waals surface area contributed by atoms with E-state index >= 15 is 0 Å². The van der Waals surface area contributed by atoms with Gasteiger partial charge in [0, 0.05) is 28.8 Å². The summed E-state index contributed by atoms with van der Waals surface area (Å²) in [5, 5.41) is 18.1. The van der Waals surface area contributed by atoms with Gasteiger partial charge >= 0.3 is 6.09 Å². The molecule has 0 saturated carbocycles. The molecule has 2 amide bonds. The number of alkyl carbamates (subject to hydrolysis) is 1. The Hall–Kier alpha value is -3.24. The lowest BCUT2D eigenvalue weighted by Gasteiger charge is -2.31. The molecule has 0 radical (unpaired) electrons. The Kier molecular flexibility index (Phi) is 9.82. The molecule has 2 heterocycles. The molecule has 0 aliphatic carbocycles. The highest BCUT2D eigenvalue weighted by Crippen LogP contribution is 2.25. The summed E-state index contributed by atoms with van der Waals surface area (Å²) in [5.74, 6) is -0.620. The number of aliphatic hydroxyl groups excluding tert-OH is 1. The molecule has 3 atom stereocenters. The van der Waals surface area contributed by atoms with Gasteiger partial charge in [-0.15, -0.1) is 11.3 Å². The number of hydrogen-bond acceptors (Lipinski definition) is 7. The Morgan fingerprint density at radius 2 is 1.92 bits per heavy atom. The molecule has 200 valence electrons. The standard InChI is InChI=1S/C27H37N5O4S/c1-6-7-8-20(23(33)24(34)31-25-28-13-14-37-25)30-26(35)36-22(27(3,4)5)16-32-15-21(29-17-32)19-11-9-18(2)10-12-19/h9-15,17,20,22-23,33H,6-8,16H2,1-5H3,(H,30,35)(H,28,31,34)/t20-,22+,23-/m0/s1. The number of hydrogen-bond donors (Lipinski definition) is 3. The monoisotopic (exact) mass is 527 g/mol. The molecule has 3 rings (SSSR count). The fourth-order valence-electron chi connectivity index (χ4n) is 3.71. The second-order valence-corrected chi connectivity index (χ2v) is 11.1. The number of aryl methyl sites for hydroxylation is 1. The highest BCUT2D eigenvalue weighted by molar-refractivity contribution is 7.13. The molecule has 3 aromatic rings. The van der Waals surface area contributed by atoms with Crippen LogP contribution in [0.3, 0.4) is 0 Å². The minimum absolute atomic E-state index is 0.370. The molecule has 2 aromatic heterocycles. The van der Waals surface area contributed by atoms with E-state index in [4.69, 9.17) is 4.74 Å². The minimum atomic E-state index is -1.44. The summed E-state index contributed by atoms with van der Waals surface area (Å²) >= 11 is 1.25. The second kappa shape index (κ2) is 12.8. The van der Waals surface area contributed by atoms with E-state index in [1.54, 1.807) is 17.9 Å². The maximum atomic E-state index is 13.0. The van der Waals surface area contributed by atoms with Gasteiger partial charge in [0.15, 0.2) is 11.2 Å². The third-order valence-corrected chi connectivity index (χ3v) is 6.75. The molecule has 0 fully saturated rings. The summed E-state index contributed by atoms with van der Waals surface area (Å²) in [6, 6.07) is 7.34. The predicted molar refractivity (Wildman–Crippen MR) is 145 cm³/mol. The van der Waals surface area contributed by atoms with Crippen molar-refractivity contribution in [1.82, 2.24) is 19.9 Å². The number of rotatable bonds is 11. The van der Waals surface area contributed by atoms with E-state index in [1.807, 2.05) is 69.6 Å². The van der Waals surface area contributed by atoms with E-state index in [2.05, 4.69) is 20.6 Å². The van der Waals surface area contributed by atoms with Crippen molar-refractivity contribution in [1.29, 1.82) is 0 Å². The molecule has 0 bridgehead atoms. The van der Waals surface area contributed by atoms with Crippen LogP contribution in [0.2, 0.25) is 0 Å². The van der Waals surface area contributed by atoms with E-state index in [0.29, 0.717) is 18.1 Å². The van der Waals surface area contributed by atoms with Crippen LogP contribution < -0.4 is 10.6 Å². The first-order valence-electron chi connectivity index (χ1n) is 12.5. The van der Waals surface area contributed by atoms with Gasteiger partial charge in [0.05, 0.1) is 24.6 Å². The smallest absolute Gasteiger partial charge is 0.407 e. The first kappa shape index (κ1) is 28.3. The van der Waals surface area contributed by atoms with Crippen LogP contribution >= 0.6 is 11.3 Å². The predicted octanol–water partition coefficient (Wildman–Crippen LogP) is 5.01. The summed E-state index contributed by atoms with van der Waals surface area (Å²) in [6.45, 7) is 10.4. The van der Waals surface area contributed by atoms with Gasteiger partial charge in [0.2, 0.25) is 0 Å². The second-order valence-electron chi connectivity index (χ2n) is 10.2. The van der Waals surface area contributed by atoms with Crippen LogP contribution in [0.1, 0.15) is 52.5 Å². The van der Waals surface area contributed by atoms with Crippen molar-refractivity contribution in [3.63, 3.8) is 0 Å². The van der Waals surface area contributed by atoms with Crippen LogP contribution in [0.25, 0.3) is 11.3 Å². The number of ether oxygens (including phenoxy) is 1. The molecule has 37 heavy (non-hydrogen) atoms. The van der Waals surface area contributed by atoms with Gasteiger partial charge in [-0.25, -0.2) is 14.8 Å². The topological polar surface area (TPSA) is 118 Å². The van der Waals surface area contributed by atoms with Crippen molar-refractivity contribution >= 4 is 28.5 Å². The SMILES string of the molecule is CCCC[C@H](NC(=O)O[C@H](Cn1cnc(-c2ccc(C)cc2)c1)C(C)(C)C)[C@H](O)C(=O)Nc1nccs1. The molecule has 0 aliphatic rings. The molecule has 9 nitrogen and oxygen atoms in total. The normalized spacial score (nSPS) is 14.0. The van der Waals surface area contributed by atoms with Crippen LogP contribution in [0.5, 0.6) is 0 Å². The largest absolute Gasteiger partial charge is 0.444 e. The molecule has 10 heteroatoms. The summed E-state index contributed by atoms with van der Waals surface area (Å²) in [5.41, 5.74) is 2.66. The van der Waals surface area contributed by atoms with Crippen molar-refractivity contribution in [2.24, 2.45) is 5.41 Å². The minimum Gasteiger partial charge on any atom is -0.444 e. The third-order valence-electron chi connectivity index (χ3n) is 6.06. The maximum Gasteiger partial charge on any atom is 0.407 e. The van der Waals surface area contributed by atoms with E-state index < -0.39 is 30.3 Å². The lowest BCUT2D eigenvalue weighted by Crippen LogP contribution is -2.50. The van der Waals surface area contributed by atoms with Crippen LogP contribution in [0, 0.1) is 12.3 Å². The Morgan fingerprint density at radius 3 is 2.54 bits per heavy atom. The van der Waals surface area contributed by atoms with Crippen molar-refractivity contribution in [2.45, 2.75) is 78.7 Å². The van der Waals surface area contributed by atoms with Gasteiger partial charge in [0.1, 0.15) is 6.10 Å². The quantitative estimate of drug-likeness (QED) is 0.322. The molecular formula is C27H37N5O4S. The molecule has 0 unspecified atom stereocenters. The number of carbonyl (C=O) groups is 2. The molecule has 3 N–H and O–H groups in total. The third kappa shape index (κ3) is 8.40. The van der Waals surface area contributed by atoms with E-state index in [0.717, 1.165) is 24.1 Å².